The normalized spacial score (nSPS) is 17.6. The van der Waals surface area contributed by atoms with Crippen LogP contribution in [0, 0.1) is 18.3 Å². The minimum atomic E-state index is -0.0577. The number of benzene rings is 1. The first kappa shape index (κ1) is 17.9. The summed E-state index contributed by atoms with van der Waals surface area (Å²) >= 11 is 11.9. The van der Waals surface area contributed by atoms with E-state index in [1.807, 2.05) is 0 Å². The number of nitrogens with zero attached hydrogens (tertiary/aromatic N) is 1. The number of halogens is 2. The fourth-order valence-electron chi connectivity index (χ4n) is 2.54. The van der Waals surface area contributed by atoms with Crippen molar-refractivity contribution in [1.29, 1.82) is 0 Å². The fourth-order valence-corrected chi connectivity index (χ4v) is 3.00. The molecule has 0 bridgehead atoms. The molecular formula is C17H19Cl2NO3. The lowest BCUT2D eigenvalue weighted by Crippen LogP contribution is -2.43. The molecule has 1 fully saturated rings. The average Bonchev–Trinajstić information content (AvgIpc) is 2.54. The number of likely N-dealkylation sites (tertiary alicyclic amines) is 1. The molecule has 0 unspecified atom stereocenters. The van der Waals surface area contributed by atoms with Crippen molar-refractivity contribution in [3.05, 3.63) is 28.2 Å². The van der Waals surface area contributed by atoms with Crippen LogP contribution in [-0.4, -0.2) is 43.7 Å². The van der Waals surface area contributed by atoms with Gasteiger partial charge in [-0.2, -0.15) is 0 Å². The van der Waals surface area contributed by atoms with Gasteiger partial charge in [0.1, 0.15) is 12.4 Å². The van der Waals surface area contributed by atoms with Crippen molar-refractivity contribution in [2.45, 2.75) is 12.8 Å². The summed E-state index contributed by atoms with van der Waals surface area (Å²) in [6.45, 7) is 2.25. The number of rotatable bonds is 6. The number of terminal acetylenes is 1. The molecule has 2 rings (SSSR count). The molecule has 23 heavy (non-hydrogen) atoms. The molecule has 1 aromatic carbocycles. The van der Waals surface area contributed by atoms with Crippen molar-refractivity contribution in [3.63, 3.8) is 0 Å². The van der Waals surface area contributed by atoms with Crippen LogP contribution < -0.4 is 4.74 Å². The third-order valence-electron chi connectivity index (χ3n) is 3.66. The molecular weight excluding hydrogens is 337 g/mol. The molecule has 0 radical (unpaired) electrons. The molecule has 4 nitrogen and oxygen atoms in total. The smallest absolute Gasteiger partial charge is 0.260 e. The van der Waals surface area contributed by atoms with Gasteiger partial charge in [0, 0.05) is 18.1 Å². The molecule has 1 aromatic rings. The predicted octanol–water partition coefficient (Wildman–Crippen LogP) is 3.26. The average molecular weight is 356 g/mol. The summed E-state index contributed by atoms with van der Waals surface area (Å²) in [5, 5.41) is 0.920. The Morgan fingerprint density at radius 3 is 3.00 bits per heavy atom. The second-order valence-corrected chi connectivity index (χ2v) is 6.27. The van der Waals surface area contributed by atoms with Crippen molar-refractivity contribution < 1.29 is 14.3 Å². The number of carbonyl (C=O) groups excluding carboxylic acids is 1. The van der Waals surface area contributed by atoms with Gasteiger partial charge >= 0.3 is 0 Å². The molecule has 0 aliphatic carbocycles. The SMILES string of the molecule is C#CCOC[C@@H]1CCCN(C(=O)COc2ccc(Cl)cc2Cl)C1. The molecule has 1 atom stereocenters. The van der Waals surface area contributed by atoms with Crippen molar-refractivity contribution in [1.82, 2.24) is 4.90 Å². The summed E-state index contributed by atoms with van der Waals surface area (Å²) in [4.78, 5) is 14.1. The molecule has 124 valence electrons. The standard InChI is InChI=1S/C17H19Cl2NO3/c1-2-8-22-11-13-4-3-7-20(10-13)17(21)12-23-16-6-5-14(18)9-15(16)19/h1,5-6,9,13H,3-4,7-8,10-12H2/t13-/m1/s1. The highest BCUT2D eigenvalue weighted by atomic mass is 35.5. The lowest BCUT2D eigenvalue weighted by Gasteiger charge is -2.32. The number of carbonyl (C=O) groups is 1. The van der Waals surface area contributed by atoms with E-state index >= 15 is 0 Å². The molecule has 0 spiro atoms. The topological polar surface area (TPSA) is 38.8 Å². The molecule has 0 N–H and O–H groups in total. The molecule has 1 aliphatic rings. The first-order chi connectivity index (χ1) is 11.1. The van der Waals surface area contributed by atoms with Gasteiger partial charge in [-0.15, -0.1) is 6.42 Å². The number of amides is 1. The van der Waals surface area contributed by atoms with Crippen LogP contribution in [0.4, 0.5) is 0 Å². The van der Waals surface area contributed by atoms with Crippen LogP contribution >= 0.6 is 23.2 Å². The number of piperidine rings is 1. The summed E-state index contributed by atoms with van der Waals surface area (Å²) in [6, 6.07) is 4.92. The molecule has 0 aromatic heterocycles. The number of hydrogen-bond acceptors (Lipinski definition) is 3. The summed E-state index contributed by atoms with van der Waals surface area (Å²) in [5.74, 6) is 3.16. The molecule has 1 aliphatic heterocycles. The van der Waals surface area contributed by atoms with Gasteiger partial charge in [-0.05, 0) is 37.0 Å². The van der Waals surface area contributed by atoms with E-state index in [0.717, 1.165) is 19.4 Å². The van der Waals surface area contributed by atoms with Crippen LogP contribution in [0.2, 0.25) is 10.0 Å². The summed E-state index contributed by atoms with van der Waals surface area (Å²) in [5.41, 5.74) is 0. The van der Waals surface area contributed by atoms with Gasteiger partial charge in [0.15, 0.2) is 6.61 Å². The van der Waals surface area contributed by atoms with Gasteiger partial charge in [0.25, 0.3) is 5.91 Å². The van der Waals surface area contributed by atoms with Crippen molar-refractivity contribution >= 4 is 29.1 Å². The highest BCUT2D eigenvalue weighted by Gasteiger charge is 2.24. The maximum absolute atomic E-state index is 12.3. The molecule has 1 saturated heterocycles. The van der Waals surface area contributed by atoms with E-state index in [0.29, 0.717) is 41.5 Å². The summed E-state index contributed by atoms with van der Waals surface area (Å²) in [6.07, 6.45) is 7.16. The number of ether oxygens (including phenoxy) is 2. The summed E-state index contributed by atoms with van der Waals surface area (Å²) < 4.78 is 10.9. The third-order valence-corrected chi connectivity index (χ3v) is 4.19. The van der Waals surface area contributed by atoms with Crippen molar-refractivity contribution in [2.24, 2.45) is 5.92 Å². The van der Waals surface area contributed by atoms with E-state index in [2.05, 4.69) is 5.92 Å². The largest absolute Gasteiger partial charge is 0.482 e. The monoisotopic (exact) mass is 355 g/mol. The molecule has 6 heteroatoms. The first-order valence-electron chi connectivity index (χ1n) is 7.47. The third kappa shape index (κ3) is 5.62. The van der Waals surface area contributed by atoms with Gasteiger partial charge in [-0.1, -0.05) is 29.1 Å². The van der Waals surface area contributed by atoms with E-state index in [1.54, 1.807) is 23.1 Å². The minimum Gasteiger partial charge on any atom is -0.482 e. The zero-order valence-corrected chi connectivity index (χ0v) is 14.3. The maximum atomic E-state index is 12.3. The molecule has 1 heterocycles. The first-order valence-corrected chi connectivity index (χ1v) is 8.22. The van der Waals surface area contributed by atoms with Crippen molar-refractivity contribution in [3.8, 4) is 18.1 Å². The van der Waals surface area contributed by atoms with Crippen LogP contribution in [0.5, 0.6) is 5.75 Å². The second kappa shape index (κ2) is 9.02. The van der Waals surface area contributed by atoms with E-state index < -0.39 is 0 Å². The zero-order chi connectivity index (χ0) is 16.7. The predicted molar refractivity (Wildman–Crippen MR) is 90.9 cm³/mol. The second-order valence-electron chi connectivity index (χ2n) is 5.43. The minimum absolute atomic E-state index is 0.0424. The Balaban J connectivity index is 1.81. The fraction of sp³-hybridized carbons (Fsp3) is 0.471. The molecule has 1 amide bonds. The van der Waals surface area contributed by atoms with Crippen molar-refractivity contribution in [2.75, 3.05) is 32.9 Å². The zero-order valence-electron chi connectivity index (χ0n) is 12.8. The van der Waals surface area contributed by atoms with Gasteiger partial charge in [0.05, 0.1) is 11.6 Å². The highest BCUT2D eigenvalue weighted by molar-refractivity contribution is 6.35. The Bertz CT molecular complexity index is 586. The van der Waals surface area contributed by atoms with E-state index in [-0.39, 0.29) is 12.5 Å². The van der Waals surface area contributed by atoms with Crippen LogP contribution in [0.3, 0.4) is 0 Å². The van der Waals surface area contributed by atoms with Crippen LogP contribution in [0.25, 0.3) is 0 Å². The van der Waals surface area contributed by atoms with E-state index in [1.165, 1.54) is 0 Å². The van der Waals surface area contributed by atoms with E-state index in [9.17, 15) is 4.79 Å². The quantitative estimate of drug-likeness (QED) is 0.580. The lowest BCUT2D eigenvalue weighted by atomic mass is 9.99. The van der Waals surface area contributed by atoms with Crippen LogP contribution in [-0.2, 0) is 9.53 Å². The Labute approximate surface area is 146 Å². The van der Waals surface area contributed by atoms with Crippen LogP contribution in [0.15, 0.2) is 18.2 Å². The Hall–Kier alpha value is -1.41. The van der Waals surface area contributed by atoms with Gasteiger partial charge in [-0.3, -0.25) is 4.79 Å². The van der Waals surface area contributed by atoms with Crippen LogP contribution in [0.1, 0.15) is 12.8 Å². The summed E-state index contributed by atoms with van der Waals surface area (Å²) in [7, 11) is 0. The number of hydrogen-bond donors (Lipinski definition) is 0. The van der Waals surface area contributed by atoms with Gasteiger partial charge in [0.2, 0.25) is 0 Å². The maximum Gasteiger partial charge on any atom is 0.260 e. The Kier molecular flexibility index (Phi) is 7.04. The van der Waals surface area contributed by atoms with Gasteiger partial charge < -0.3 is 14.4 Å². The molecule has 0 saturated carbocycles. The Morgan fingerprint density at radius 2 is 2.26 bits per heavy atom. The highest BCUT2D eigenvalue weighted by Crippen LogP contribution is 2.27. The van der Waals surface area contributed by atoms with Gasteiger partial charge in [-0.25, -0.2) is 0 Å². The Morgan fingerprint density at radius 1 is 1.43 bits per heavy atom. The van der Waals surface area contributed by atoms with E-state index in [4.69, 9.17) is 39.1 Å². The lowest BCUT2D eigenvalue weighted by molar-refractivity contribution is -0.135.